The molecule has 332 valence electrons. The van der Waals surface area contributed by atoms with Gasteiger partial charge in [0.15, 0.2) is 11.5 Å². The number of likely N-dealkylation sites (N-methyl/N-ethyl adjacent to an activating group) is 1. The number of amides is 1. The second kappa shape index (κ2) is 19.1. The number of rotatable bonds is 17. The van der Waals surface area contributed by atoms with Crippen molar-refractivity contribution >= 4 is 22.4 Å². The number of aliphatic hydroxyl groups is 2. The van der Waals surface area contributed by atoms with Gasteiger partial charge >= 0.3 is 0 Å². The highest BCUT2D eigenvalue weighted by Gasteiger charge is 2.65. The topological polar surface area (TPSA) is 138 Å². The van der Waals surface area contributed by atoms with E-state index in [0.717, 1.165) is 72.6 Å². The summed E-state index contributed by atoms with van der Waals surface area (Å²) in [6.07, 6.45) is 11.2. The molecule has 0 radical (unpaired) electrons. The largest absolute Gasteiger partial charge is 0.459 e. The summed E-state index contributed by atoms with van der Waals surface area (Å²) in [5, 5.41) is 27.1. The van der Waals surface area contributed by atoms with Crippen LogP contribution in [0.1, 0.15) is 86.0 Å². The van der Waals surface area contributed by atoms with Gasteiger partial charge in [0.1, 0.15) is 23.3 Å². The number of benzene rings is 4. The van der Waals surface area contributed by atoms with Gasteiger partial charge in [0.25, 0.3) is 5.91 Å². The molecule has 2 N–H and O–H groups in total. The predicted molar refractivity (Wildman–Crippen MR) is 238 cm³/mol. The number of oxime groups is 1. The fraction of sp³-hybridized carbons (Fsp3) is 0.451. The summed E-state index contributed by atoms with van der Waals surface area (Å²) in [7, 11) is 1.79. The van der Waals surface area contributed by atoms with Crippen molar-refractivity contribution in [2.75, 3.05) is 40.3 Å². The van der Waals surface area contributed by atoms with Crippen molar-refractivity contribution in [2.24, 2.45) is 22.9 Å². The maximum atomic E-state index is 14.8. The first-order valence-electron chi connectivity index (χ1n) is 22.6. The zero-order valence-corrected chi connectivity index (χ0v) is 36.0. The lowest BCUT2D eigenvalue weighted by Crippen LogP contribution is -2.69. The number of nitrogens with zero attached hydrogens (tertiary/aromatic N) is 2. The third kappa shape index (κ3) is 8.66. The van der Waals surface area contributed by atoms with Crippen LogP contribution in [0.25, 0.3) is 10.8 Å². The molecule has 2 aliphatic carbocycles. The SMILES string of the molecule is C=CCO[C@@]12Oc3ccc(Oc4ccc5ccccc5c4)cc3[C@H]3[C@H](CCCCO)[C@@H](CCCCO)C=C(C(=NOC4CCCCO4)C[C@@H]1N(C)C(=O)c1ccc4c(c1)OCO4)[C@H]32. The Kier molecular flexibility index (Phi) is 13.0. The van der Waals surface area contributed by atoms with E-state index in [-0.39, 0.29) is 56.7 Å². The van der Waals surface area contributed by atoms with Crippen LogP contribution in [-0.2, 0) is 14.3 Å². The first-order valence-corrected chi connectivity index (χ1v) is 22.6. The molecular weight excluding hydrogens is 801 g/mol. The van der Waals surface area contributed by atoms with Crippen molar-refractivity contribution < 1.29 is 48.3 Å². The van der Waals surface area contributed by atoms with E-state index in [1.165, 1.54) is 0 Å². The Hall–Kier alpha value is -5.40. The summed E-state index contributed by atoms with van der Waals surface area (Å²) in [5.41, 5.74) is 3.08. The summed E-state index contributed by atoms with van der Waals surface area (Å²) in [5.74, 6) is 0.974. The van der Waals surface area contributed by atoms with Crippen molar-refractivity contribution in [1.29, 1.82) is 0 Å². The van der Waals surface area contributed by atoms with Gasteiger partial charge in [-0.1, -0.05) is 60.5 Å². The molecule has 1 amide bonds. The van der Waals surface area contributed by atoms with Gasteiger partial charge in [-0.3, -0.25) is 4.79 Å². The first-order chi connectivity index (χ1) is 30.9. The zero-order chi connectivity index (χ0) is 43.3. The van der Waals surface area contributed by atoms with E-state index >= 15 is 0 Å². The molecule has 63 heavy (non-hydrogen) atoms. The fourth-order valence-corrected chi connectivity index (χ4v) is 10.4. The van der Waals surface area contributed by atoms with Gasteiger partial charge in [0, 0.05) is 50.1 Å². The monoisotopic (exact) mass is 858 g/mol. The molecule has 12 heteroatoms. The number of unbranched alkanes of at least 4 members (excludes halogenated alkanes) is 2. The summed E-state index contributed by atoms with van der Waals surface area (Å²) >= 11 is 0. The van der Waals surface area contributed by atoms with Crippen LogP contribution in [0.5, 0.6) is 28.7 Å². The third-order valence-corrected chi connectivity index (χ3v) is 13.4. The fourth-order valence-electron chi connectivity index (χ4n) is 10.4. The molecule has 4 aromatic carbocycles. The van der Waals surface area contributed by atoms with Crippen LogP contribution in [0.2, 0.25) is 0 Å². The van der Waals surface area contributed by atoms with Crippen LogP contribution >= 0.6 is 0 Å². The summed E-state index contributed by atoms with van der Waals surface area (Å²) in [6.45, 7) is 5.11. The van der Waals surface area contributed by atoms with E-state index in [2.05, 4.69) is 36.9 Å². The average Bonchev–Trinajstić information content (AvgIpc) is 3.79. The number of hydrogen-bond acceptors (Lipinski definition) is 11. The van der Waals surface area contributed by atoms with Crippen LogP contribution in [0.15, 0.2) is 108 Å². The number of aliphatic hydroxyl groups excluding tert-OH is 2. The number of hydrogen-bond donors (Lipinski definition) is 2. The van der Waals surface area contributed by atoms with Gasteiger partial charge in [-0.25, -0.2) is 0 Å². The van der Waals surface area contributed by atoms with Gasteiger partial charge in [-0.05, 0) is 115 Å². The van der Waals surface area contributed by atoms with E-state index in [0.29, 0.717) is 53.7 Å². The lowest BCUT2D eigenvalue weighted by Gasteiger charge is -2.59. The smallest absolute Gasteiger partial charge is 0.254 e. The highest BCUT2D eigenvalue weighted by Crippen LogP contribution is 2.62. The van der Waals surface area contributed by atoms with Crippen LogP contribution in [0.4, 0.5) is 0 Å². The average molecular weight is 859 g/mol. The van der Waals surface area contributed by atoms with Crippen LogP contribution in [-0.4, -0.2) is 85.1 Å². The van der Waals surface area contributed by atoms with E-state index in [9.17, 15) is 15.0 Å². The molecule has 4 aromatic rings. The minimum atomic E-state index is -1.40. The Balaban J connectivity index is 1.20. The number of carbonyl (C=O) groups excluding carboxylic acids is 1. The van der Waals surface area contributed by atoms with Gasteiger partial charge in [-0.2, -0.15) is 0 Å². The molecule has 12 nitrogen and oxygen atoms in total. The lowest BCUT2D eigenvalue weighted by molar-refractivity contribution is -0.252. The summed E-state index contributed by atoms with van der Waals surface area (Å²) < 4.78 is 38.4. The first kappa shape index (κ1) is 42.9. The van der Waals surface area contributed by atoms with Crippen LogP contribution in [0, 0.1) is 17.8 Å². The van der Waals surface area contributed by atoms with Crippen LogP contribution < -0.4 is 18.9 Å². The molecular formula is C51H58N2O10. The molecule has 3 aliphatic heterocycles. The molecule has 9 rings (SSSR count). The lowest BCUT2D eigenvalue weighted by atomic mass is 9.55. The van der Waals surface area contributed by atoms with Crippen LogP contribution in [0.3, 0.4) is 0 Å². The molecule has 1 saturated carbocycles. The second-order valence-electron chi connectivity index (χ2n) is 17.3. The highest BCUT2D eigenvalue weighted by molar-refractivity contribution is 6.03. The Morgan fingerprint density at radius 2 is 1.68 bits per heavy atom. The van der Waals surface area contributed by atoms with Gasteiger partial charge in [0.2, 0.25) is 18.9 Å². The minimum Gasteiger partial charge on any atom is -0.459 e. The zero-order valence-electron chi connectivity index (χ0n) is 36.0. The molecule has 1 saturated heterocycles. The molecule has 1 unspecified atom stereocenters. The maximum Gasteiger partial charge on any atom is 0.254 e. The third-order valence-electron chi connectivity index (χ3n) is 13.4. The van der Waals surface area contributed by atoms with E-state index in [1.54, 1.807) is 36.2 Å². The standard InChI is InChI=1S/C51H58N2O10/c1-3-25-60-51-46(53(2)50(56)36-18-21-44-45(29-36)59-32-58-44)31-42(52-63-47-16-8-11-26-57-47)40-28-35(14-6-9-23-54)39(15-7-10-24-55)48(49(40)51)41-30-38(20-22-43(41)62-51)61-37-19-17-33-12-4-5-13-34(33)27-37/h3-5,12-13,17-22,27-30,35,39,46-49,54-55H,1,6-11,14-16,23-26,31-32H2,2H3/t35-,39+,46-,47?,48+,49+,51+/m0/s1. The molecule has 0 bridgehead atoms. The van der Waals surface area contributed by atoms with E-state index < -0.39 is 24.0 Å². The molecule has 2 fully saturated rings. The van der Waals surface area contributed by atoms with E-state index in [4.69, 9.17) is 38.4 Å². The normalized spacial score (nSPS) is 26.3. The van der Waals surface area contributed by atoms with Crippen molar-refractivity contribution in [3.8, 4) is 28.7 Å². The Bertz CT molecular complexity index is 2340. The Morgan fingerprint density at radius 1 is 0.905 bits per heavy atom. The molecule has 5 aliphatic rings. The Morgan fingerprint density at radius 3 is 2.49 bits per heavy atom. The van der Waals surface area contributed by atoms with Gasteiger partial charge in [-0.15, -0.1) is 6.58 Å². The highest BCUT2D eigenvalue weighted by atomic mass is 16.8. The number of fused-ring (bicyclic) bond motifs is 4. The molecule has 0 spiro atoms. The predicted octanol–water partition coefficient (Wildman–Crippen LogP) is 9.29. The van der Waals surface area contributed by atoms with Crippen molar-refractivity contribution in [3.63, 3.8) is 0 Å². The molecule has 0 aromatic heterocycles. The maximum absolute atomic E-state index is 14.8. The van der Waals surface area contributed by atoms with E-state index in [1.807, 2.05) is 36.4 Å². The second-order valence-corrected chi connectivity index (χ2v) is 17.3. The number of ether oxygens (including phenoxy) is 6. The summed E-state index contributed by atoms with van der Waals surface area (Å²) in [6, 6.07) is 24.8. The van der Waals surface area contributed by atoms with Crippen molar-refractivity contribution in [2.45, 2.75) is 88.2 Å². The molecule has 3 heterocycles. The minimum absolute atomic E-state index is 0.0618. The number of carbonyl (C=O) groups is 1. The number of allylic oxidation sites excluding steroid dienone is 1. The Labute approximate surface area is 369 Å². The van der Waals surface area contributed by atoms with Crippen molar-refractivity contribution in [3.05, 3.63) is 114 Å². The van der Waals surface area contributed by atoms with Gasteiger partial charge < -0.3 is 48.4 Å². The van der Waals surface area contributed by atoms with Gasteiger partial charge in [0.05, 0.1) is 24.8 Å². The molecule has 7 atom stereocenters. The summed E-state index contributed by atoms with van der Waals surface area (Å²) in [4.78, 5) is 22.8. The quantitative estimate of drug-likeness (QED) is 0.0601. The van der Waals surface area contributed by atoms with Crippen molar-refractivity contribution in [1.82, 2.24) is 4.90 Å².